The van der Waals surface area contributed by atoms with Gasteiger partial charge in [0, 0.05) is 32.1 Å². The lowest BCUT2D eigenvalue weighted by atomic mass is 10.2. The first-order valence-corrected chi connectivity index (χ1v) is 12.9. The Kier molecular flexibility index (Phi) is 8.81. The molecule has 0 aliphatic heterocycles. The number of pyridine rings is 1. The molecule has 0 bridgehead atoms. The molecule has 1 unspecified atom stereocenters. The van der Waals surface area contributed by atoms with E-state index in [0.29, 0.717) is 11.3 Å². The van der Waals surface area contributed by atoms with Gasteiger partial charge in [-0.15, -0.1) is 22.7 Å². The third-order valence-electron chi connectivity index (χ3n) is 4.56. The Hall–Kier alpha value is -2.95. The molecule has 0 aliphatic rings. The third-order valence-corrected chi connectivity index (χ3v) is 7.90. The Morgan fingerprint density at radius 2 is 1.91 bits per heavy atom. The quantitative estimate of drug-likeness (QED) is 0.364. The van der Waals surface area contributed by atoms with E-state index < -0.39 is 11.0 Å². The molecule has 0 saturated heterocycles. The maximum atomic E-state index is 12.4. The molecule has 1 atom stereocenters. The van der Waals surface area contributed by atoms with Gasteiger partial charge in [-0.25, -0.2) is 14.2 Å². The molecule has 10 heteroatoms. The number of aldehydes is 1. The average molecular weight is 500 g/mol. The molecule has 0 radical (unpaired) electrons. The molecular weight excluding hydrogens is 474 g/mol. The van der Waals surface area contributed by atoms with E-state index in [1.54, 1.807) is 64.6 Å². The Labute approximate surface area is 204 Å². The predicted molar refractivity (Wildman–Crippen MR) is 138 cm³/mol. The lowest BCUT2D eigenvalue weighted by Gasteiger charge is -2.17. The number of anilines is 2. The highest BCUT2D eigenvalue weighted by Gasteiger charge is 2.12. The molecule has 0 fully saturated rings. The van der Waals surface area contributed by atoms with Crippen molar-refractivity contribution in [2.75, 3.05) is 23.7 Å². The topological polar surface area (TPSA) is 88.1 Å². The van der Waals surface area contributed by atoms with Gasteiger partial charge in [-0.2, -0.15) is 0 Å². The van der Waals surface area contributed by atoms with Crippen molar-refractivity contribution in [1.29, 1.82) is 0 Å². The van der Waals surface area contributed by atoms with Crippen LogP contribution in [0.2, 0.25) is 0 Å². The van der Waals surface area contributed by atoms with Crippen LogP contribution in [-0.2, 0) is 22.2 Å². The number of rotatable bonds is 7. The second-order valence-electron chi connectivity index (χ2n) is 6.91. The second kappa shape index (κ2) is 11.8. The van der Waals surface area contributed by atoms with Crippen LogP contribution in [0.4, 0.5) is 10.8 Å². The van der Waals surface area contributed by atoms with Crippen LogP contribution in [0.5, 0.6) is 0 Å². The van der Waals surface area contributed by atoms with E-state index in [-0.39, 0.29) is 0 Å². The maximum Gasteiger partial charge on any atom is 0.182 e. The summed E-state index contributed by atoms with van der Waals surface area (Å²) < 4.78 is 14.0. The van der Waals surface area contributed by atoms with Crippen LogP contribution in [0.1, 0.15) is 16.3 Å². The normalized spacial score (nSPS) is 11.3. The number of nitrogens with one attached hydrogen (secondary N) is 1. The monoisotopic (exact) mass is 499 g/mol. The molecule has 7 nitrogen and oxygen atoms in total. The smallest absolute Gasteiger partial charge is 0.182 e. The van der Waals surface area contributed by atoms with Crippen molar-refractivity contribution in [3.63, 3.8) is 0 Å². The third kappa shape index (κ3) is 6.53. The van der Waals surface area contributed by atoms with Gasteiger partial charge in [-0.05, 0) is 43.7 Å². The van der Waals surface area contributed by atoms with Crippen LogP contribution in [0.15, 0.2) is 59.1 Å². The van der Waals surface area contributed by atoms with E-state index in [2.05, 4.69) is 25.6 Å². The zero-order valence-corrected chi connectivity index (χ0v) is 21.3. The minimum atomic E-state index is -1.29. The van der Waals surface area contributed by atoms with Gasteiger partial charge in [0.15, 0.2) is 16.1 Å². The minimum Gasteiger partial charge on any atom is -0.365 e. The van der Waals surface area contributed by atoms with E-state index >= 15 is 0 Å². The molecule has 0 amide bonds. The standard InChI is InChI=1S/C14H14N2O2S.C9H11N3S2/c1-16(13-3-2-9-15-11-13)19(18)14-6-4-12(5-7-14)8-10-17;1-5-8(14-6(2)11-5)7-4-13-9(10-3)12-7/h2-7,9-11H,8H2,1H3;4H,1-3H3,(H,10,12). The van der Waals surface area contributed by atoms with Gasteiger partial charge >= 0.3 is 0 Å². The maximum absolute atomic E-state index is 12.4. The first kappa shape index (κ1) is 24.7. The zero-order chi connectivity index (χ0) is 23.8. The first-order chi connectivity index (χ1) is 15.9. The zero-order valence-electron chi connectivity index (χ0n) is 18.8. The van der Waals surface area contributed by atoms with E-state index in [1.807, 2.05) is 39.1 Å². The van der Waals surface area contributed by atoms with Crippen molar-refractivity contribution in [3.8, 4) is 10.6 Å². The summed E-state index contributed by atoms with van der Waals surface area (Å²) in [5.74, 6) is 0. The fraction of sp³-hybridized carbons (Fsp3) is 0.217. The highest BCUT2D eigenvalue weighted by atomic mass is 32.2. The van der Waals surface area contributed by atoms with Crippen LogP contribution < -0.4 is 9.62 Å². The minimum absolute atomic E-state index is 0.380. The van der Waals surface area contributed by atoms with E-state index in [0.717, 1.165) is 39.1 Å². The van der Waals surface area contributed by atoms with Gasteiger partial charge < -0.3 is 10.1 Å². The molecule has 1 aromatic carbocycles. The van der Waals surface area contributed by atoms with Crippen molar-refractivity contribution in [3.05, 3.63) is 70.4 Å². The first-order valence-electron chi connectivity index (χ1n) is 10.1. The predicted octanol–water partition coefficient (Wildman–Crippen LogP) is 4.91. The average Bonchev–Trinajstić information content (AvgIpc) is 3.45. The molecule has 4 aromatic rings. The Balaban J connectivity index is 0.000000194. The number of hydrogen-bond donors (Lipinski definition) is 1. The Bertz CT molecular complexity index is 1210. The second-order valence-corrected chi connectivity index (χ2v) is 10.5. The molecule has 1 N–H and O–H groups in total. The summed E-state index contributed by atoms with van der Waals surface area (Å²) >= 11 is 3.32. The van der Waals surface area contributed by atoms with Crippen molar-refractivity contribution in [2.45, 2.75) is 25.2 Å². The van der Waals surface area contributed by atoms with E-state index in [1.165, 1.54) is 4.88 Å². The van der Waals surface area contributed by atoms with Crippen LogP contribution in [-0.4, -0.2) is 39.5 Å². The molecule has 3 heterocycles. The summed E-state index contributed by atoms with van der Waals surface area (Å²) in [6.45, 7) is 4.05. The van der Waals surface area contributed by atoms with Crippen molar-refractivity contribution in [1.82, 2.24) is 15.0 Å². The molecule has 3 aromatic heterocycles. The fourth-order valence-corrected chi connectivity index (χ4v) is 5.50. The lowest BCUT2D eigenvalue weighted by molar-refractivity contribution is -0.107. The molecule has 4 rings (SSSR count). The molecule has 0 spiro atoms. The van der Waals surface area contributed by atoms with Gasteiger partial charge in [-0.3, -0.25) is 9.29 Å². The molecule has 172 valence electrons. The van der Waals surface area contributed by atoms with Gasteiger partial charge in [0.1, 0.15) is 6.29 Å². The van der Waals surface area contributed by atoms with Crippen LogP contribution in [0.25, 0.3) is 10.6 Å². The summed E-state index contributed by atoms with van der Waals surface area (Å²) in [6.07, 6.45) is 4.58. The molecular formula is C23H25N5O2S3. The molecule has 0 saturated carbocycles. The lowest BCUT2D eigenvalue weighted by Crippen LogP contribution is -2.20. The van der Waals surface area contributed by atoms with Crippen LogP contribution in [0, 0.1) is 13.8 Å². The number of nitrogens with zero attached hydrogens (tertiary/aromatic N) is 4. The SMILES string of the molecule is CN(c1cccnc1)S(=O)c1ccc(CC=O)cc1.CNc1nc(-c2sc(C)nc2C)cs1. The van der Waals surface area contributed by atoms with Crippen LogP contribution >= 0.6 is 22.7 Å². The number of benzene rings is 1. The summed E-state index contributed by atoms with van der Waals surface area (Å²) in [5.41, 5.74) is 3.81. The fourth-order valence-electron chi connectivity index (χ4n) is 2.89. The highest BCUT2D eigenvalue weighted by molar-refractivity contribution is 7.86. The summed E-state index contributed by atoms with van der Waals surface area (Å²) in [7, 11) is 2.35. The largest absolute Gasteiger partial charge is 0.365 e. The number of carbonyl (C=O) groups is 1. The van der Waals surface area contributed by atoms with Gasteiger partial charge in [0.2, 0.25) is 0 Å². The van der Waals surface area contributed by atoms with Gasteiger partial charge in [-0.1, -0.05) is 12.1 Å². The van der Waals surface area contributed by atoms with Crippen molar-refractivity contribution < 1.29 is 9.00 Å². The molecule has 33 heavy (non-hydrogen) atoms. The highest BCUT2D eigenvalue weighted by Crippen LogP contribution is 2.31. The van der Waals surface area contributed by atoms with E-state index in [4.69, 9.17) is 0 Å². The van der Waals surface area contributed by atoms with E-state index in [9.17, 15) is 9.00 Å². The molecule has 0 aliphatic carbocycles. The Morgan fingerprint density at radius 3 is 2.45 bits per heavy atom. The number of carbonyl (C=O) groups excluding carboxylic acids is 1. The van der Waals surface area contributed by atoms with Crippen molar-refractivity contribution >= 4 is 50.8 Å². The number of aryl methyl sites for hydroxylation is 2. The summed E-state index contributed by atoms with van der Waals surface area (Å²) in [6, 6.07) is 10.9. The number of hydrogen-bond acceptors (Lipinski definition) is 8. The Morgan fingerprint density at radius 1 is 1.15 bits per heavy atom. The van der Waals surface area contributed by atoms with Gasteiger partial charge in [0.25, 0.3) is 0 Å². The van der Waals surface area contributed by atoms with Crippen molar-refractivity contribution in [2.24, 2.45) is 0 Å². The summed E-state index contributed by atoms with van der Waals surface area (Å²) in [4.78, 5) is 25.1. The number of thiazole rings is 2. The van der Waals surface area contributed by atoms with Gasteiger partial charge in [0.05, 0.1) is 38.1 Å². The van der Waals surface area contributed by atoms with Crippen LogP contribution in [0.3, 0.4) is 0 Å². The summed E-state index contributed by atoms with van der Waals surface area (Å²) in [5, 5.41) is 7.14. The number of aromatic nitrogens is 3.